The molecule has 204 valence electrons. The van der Waals surface area contributed by atoms with Crippen molar-refractivity contribution in [3.8, 4) is 0 Å². The number of aliphatic hydroxyl groups is 8. The number of aromatic amines is 1. The van der Waals surface area contributed by atoms with Crippen LogP contribution in [0.3, 0.4) is 0 Å². The molecule has 3 saturated carbocycles. The molecule has 2 aliphatic heterocycles. The number of carbonyl (C=O) groups excluding carboxylic acids is 1. The third-order valence-electron chi connectivity index (χ3n) is 11.0. The van der Waals surface area contributed by atoms with Crippen LogP contribution < -0.4 is 0 Å². The first kappa shape index (κ1) is 25.4. The maximum Gasteiger partial charge on any atom is 0.355 e. The summed E-state index contributed by atoms with van der Waals surface area (Å²) in [5.41, 5.74) is -17.8. The number of ether oxygens (including phenoxy) is 2. The molecule has 6 aliphatic rings. The van der Waals surface area contributed by atoms with E-state index in [9.17, 15) is 45.6 Å². The van der Waals surface area contributed by atoms with E-state index in [-0.39, 0.29) is 11.3 Å². The normalized spacial score (nSPS) is 55.1. The van der Waals surface area contributed by atoms with Gasteiger partial charge in [0.05, 0.1) is 24.0 Å². The fourth-order valence-electron chi connectivity index (χ4n) is 9.31. The van der Waals surface area contributed by atoms with E-state index < -0.39 is 94.8 Å². The minimum atomic E-state index is -2.90. The summed E-state index contributed by atoms with van der Waals surface area (Å²) >= 11 is 0. The Balaban J connectivity index is 1.71. The average molecular weight is 524 g/mol. The molecule has 10 atom stereocenters. The first-order valence-electron chi connectivity index (χ1n) is 12.4. The van der Waals surface area contributed by atoms with E-state index in [1.54, 1.807) is 0 Å². The Morgan fingerprint density at radius 3 is 2.43 bits per heavy atom. The number of aromatic nitrogens is 1. The number of nitrogens with one attached hydrogen (secondary N) is 1. The Hall–Kier alpha value is -1.87. The van der Waals surface area contributed by atoms with Gasteiger partial charge in [0, 0.05) is 12.6 Å². The lowest BCUT2D eigenvalue weighted by atomic mass is 9.52. The van der Waals surface area contributed by atoms with Gasteiger partial charge in [-0.25, -0.2) is 4.79 Å². The van der Waals surface area contributed by atoms with Gasteiger partial charge in [-0.1, -0.05) is 19.9 Å². The first-order valence-corrected chi connectivity index (χ1v) is 12.4. The number of carbonyl (C=O) groups is 1. The highest BCUT2D eigenvalue weighted by Gasteiger charge is 3.10. The molecule has 37 heavy (non-hydrogen) atoms. The lowest BCUT2D eigenvalue weighted by molar-refractivity contribution is -0.386. The van der Waals surface area contributed by atoms with Crippen molar-refractivity contribution in [1.82, 2.24) is 4.98 Å². The minimum Gasteiger partial charge on any atom is -0.451 e. The third kappa shape index (κ3) is 1.90. The monoisotopic (exact) mass is 523 g/mol. The SMILES string of the molecule is CC(C)C1(O)C(OC(=O)c2ccc[nH]2)C2(O)C3(CO)CC4(O)OC5(C(O)C(CO)=CCC35O)C2(O)C41C. The van der Waals surface area contributed by atoms with Gasteiger partial charge in [0.15, 0.2) is 17.5 Å². The van der Waals surface area contributed by atoms with Crippen LogP contribution in [0.25, 0.3) is 0 Å². The molecular formula is C25H33NO11. The smallest absolute Gasteiger partial charge is 0.355 e. The second-order valence-electron chi connectivity index (χ2n) is 11.9. The summed E-state index contributed by atoms with van der Waals surface area (Å²) < 4.78 is 11.8. The van der Waals surface area contributed by atoms with E-state index >= 15 is 0 Å². The summed E-state index contributed by atoms with van der Waals surface area (Å²) in [7, 11) is 0. The Kier molecular flexibility index (Phi) is 4.56. The number of rotatable bonds is 5. The van der Waals surface area contributed by atoms with Crippen molar-refractivity contribution in [2.24, 2.45) is 16.7 Å². The molecule has 7 rings (SSSR count). The summed E-state index contributed by atoms with van der Waals surface area (Å²) in [6, 6.07) is 2.93. The van der Waals surface area contributed by atoms with Crippen molar-refractivity contribution < 1.29 is 55.1 Å². The van der Waals surface area contributed by atoms with Crippen molar-refractivity contribution in [1.29, 1.82) is 0 Å². The largest absolute Gasteiger partial charge is 0.451 e. The number of esters is 1. The van der Waals surface area contributed by atoms with Crippen molar-refractivity contribution in [2.75, 3.05) is 13.2 Å². The molecule has 0 radical (unpaired) electrons. The molecule has 12 heteroatoms. The fourth-order valence-corrected chi connectivity index (χ4v) is 9.31. The van der Waals surface area contributed by atoms with E-state index in [0.717, 1.165) is 0 Å². The third-order valence-corrected chi connectivity index (χ3v) is 11.0. The molecule has 4 aliphatic carbocycles. The predicted molar refractivity (Wildman–Crippen MR) is 121 cm³/mol. The molecule has 12 nitrogen and oxygen atoms in total. The molecule has 6 bridgehead atoms. The summed E-state index contributed by atoms with van der Waals surface area (Å²) in [6.45, 7) is 2.60. The molecule has 1 aromatic rings. The van der Waals surface area contributed by atoms with Crippen molar-refractivity contribution in [3.63, 3.8) is 0 Å². The van der Waals surface area contributed by atoms with Gasteiger partial charge >= 0.3 is 5.97 Å². The van der Waals surface area contributed by atoms with Crippen LogP contribution in [-0.2, 0) is 9.47 Å². The van der Waals surface area contributed by atoms with E-state index in [1.165, 1.54) is 45.2 Å². The number of aliphatic hydroxyl groups excluding tert-OH is 3. The van der Waals surface area contributed by atoms with Gasteiger partial charge < -0.3 is 55.3 Å². The van der Waals surface area contributed by atoms with E-state index in [0.29, 0.717) is 0 Å². The topological polar surface area (TPSA) is 213 Å². The maximum atomic E-state index is 13.2. The van der Waals surface area contributed by atoms with Crippen LogP contribution in [0.1, 0.15) is 44.1 Å². The van der Waals surface area contributed by atoms with E-state index in [1.807, 2.05) is 0 Å². The first-order chi connectivity index (χ1) is 17.1. The number of hydrogen-bond donors (Lipinski definition) is 9. The van der Waals surface area contributed by atoms with Crippen LogP contribution in [0.2, 0.25) is 0 Å². The minimum absolute atomic E-state index is 0.0302. The van der Waals surface area contributed by atoms with Crippen molar-refractivity contribution in [2.45, 2.75) is 79.6 Å². The zero-order valence-electron chi connectivity index (χ0n) is 20.7. The molecule has 3 heterocycles. The van der Waals surface area contributed by atoms with Gasteiger partial charge in [-0.05, 0) is 37.0 Å². The van der Waals surface area contributed by atoms with Crippen molar-refractivity contribution in [3.05, 3.63) is 35.7 Å². The predicted octanol–water partition coefficient (Wildman–Crippen LogP) is -2.32. The second-order valence-corrected chi connectivity index (χ2v) is 11.9. The quantitative estimate of drug-likeness (QED) is 0.148. The molecule has 1 spiro atoms. The van der Waals surface area contributed by atoms with E-state index in [2.05, 4.69) is 4.98 Å². The highest BCUT2D eigenvalue weighted by atomic mass is 16.7. The molecule has 10 unspecified atom stereocenters. The molecule has 9 N–H and O–H groups in total. The Morgan fingerprint density at radius 1 is 1.22 bits per heavy atom. The fraction of sp³-hybridized carbons (Fsp3) is 0.720. The van der Waals surface area contributed by atoms with Crippen LogP contribution in [0.5, 0.6) is 0 Å². The second kappa shape index (κ2) is 6.64. The Labute approximate surface area is 211 Å². The highest BCUT2D eigenvalue weighted by Crippen LogP contribution is 2.90. The zero-order valence-corrected chi connectivity index (χ0v) is 20.7. The van der Waals surface area contributed by atoms with Gasteiger partial charge in [0.1, 0.15) is 34.2 Å². The standard InChI is InChI=1S/C25H33NO11/c1-12(2)22(33)17(36-16(30)14-5-4-8-26-14)23(34)19(11-28)10-21(32)18(22,3)25(23,35)24(37-21)15(29)13(9-27)6-7-20(19,24)31/h4-6,8,12,15,17,26-29,31-35H,7,9-11H2,1-3H3. The lowest BCUT2D eigenvalue weighted by Gasteiger charge is -2.60. The summed E-state index contributed by atoms with van der Waals surface area (Å²) in [6.07, 6.45) is -2.25. The zero-order chi connectivity index (χ0) is 27.2. The van der Waals surface area contributed by atoms with Gasteiger partial charge in [0.2, 0.25) is 0 Å². The van der Waals surface area contributed by atoms with Gasteiger partial charge in [-0.3, -0.25) is 0 Å². The lowest BCUT2D eigenvalue weighted by Crippen LogP contribution is -2.74. The Bertz CT molecular complexity index is 1220. The average Bonchev–Trinajstić information content (AvgIpc) is 3.47. The van der Waals surface area contributed by atoms with E-state index in [4.69, 9.17) is 9.47 Å². The van der Waals surface area contributed by atoms with Gasteiger partial charge in [0.25, 0.3) is 0 Å². The van der Waals surface area contributed by atoms with Crippen LogP contribution in [0, 0.1) is 16.7 Å². The van der Waals surface area contributed by atoms with Crippen LogP contribution >= 0.6 is 0 Å². The van der Waals surface area contributed by atoms with Gasteiger partial charge in [-0.15, -0.1) is 0 Å². The summed E-state index contributed by atoms with van der Waals surface area (Å²) in [4.78, 5) is 15.9. The number of H-pyrrole nitrogens is 1. The molecule has 1 aromatic heterocycles. The Morgan fingerprint density at radius 2 is 1.89 bits per heavy atom. The van der Waals surface area contributed by atoms with Crippen LogP contribution in [-0.4, -0.2) is 111 Å². The van der Waals surface area contributed by atoms with Crippen LogP contribution in [0.4, 0.5) is 0 Å². The van der Waals surface area contributed by atoms with Crippen molar-refractivity contribution >= 4 is 5.97 Å². The molecule has 2 saturated heterocycles. The van der Waals surface area contributed by atoms with Gasteiger partial charge in [-0.2, -0.15) is 0 Å². The molecule has 0 amide bonds. The molecule has 5 fully saturated rings. The molecule has 0 aromatic carbocycles. The maximum absolute atomic E-state index is 13.2. The number of hydrogen-bond acceptors (Lipinski definition) is 11. The molecular weight excluding hydrogens is 490 g/mol. The summed E-state index contributed by atoms with van der Waals surface area (Å²) in [5, 5.41) is 94.8. The highest BCUT2D eigenvalue weighted by molar-refractivity contribution is 5.87. The summed E-state index contributed by atoms with van der Waals surface area (Å²) in [5.74, 6) is -4.42. The van der Waals surface area contributed by atoms with Crippen LogP contribution in [0.15, 0.2) is 30.0 Å².